The maximum absolute atomic E-state index is 14.0. The van der Waals surface area contributed by atoms with Crippen molar-refractivity contribution in [1.82, 2.24) is 29.5 Å². The average molecular weight is 863 g/mol. The molecule has 0 aliphatic heterocycles. The summed E-state index contributed by atoms with van der Waals surface area (Å²) in [5.41, 5.74) is 10.1. The smallest absolute Gasteiger partial charge is 0.309 e. The zero-order valence-electron chi connectivity index (χ0n) is 35.4. The first kappa shape index (κ1) is 40.2. The molecule has 0 radical (unpaired) electrons. The molecule has 11 rings (SSSR count). The number of para-hydroxylation sites is 1. The van der Waals surface area contributed by atoms with Gasteiger partial charge in [-0.15, -0.1) is 0 Å². The number of halogens is 3. The number of benzene rings is 8. The number of hydrogen-bond donors (Lipinski definition) is 0. The molecule has 6 nitrogen and oxygen atoms in total. The molecule has 0 N–H and O–H groups in total. The highest BCUT2D eigenvalue weighted by Crippen LogP contribution is 2.41. The van der Waals surface area contributed by atoms with Crippen molar-refractivity contribution < 1.29 is 13.2 Å². The van der Waals surface area contributed by atoms with E-state index in [4.69, 9.17) is 24.9 Å². The molecule has 0 spiro atoms. The Hall–Kier alpha value is -8.56. The Balaban J connectivity index is 1.18. The van der Waals surface area contributed by atoms with Crippen molar-refractivity contribution in [3.05, 3.63) is 217 Å². The molecule has 0 fully saturated rings. The molecule has 0 saturated carbocycles. The molecule has 0 saturated heterocycles. The molecule has 0 amide bonds. The number of alkyl halides is 3. The highest BCUT2D eigenvalue weighted by molar-refractivity contribution is 6.11. The first-order chi connectivity index (χ1) is 32.2. The van der Waals surface area contributed by atoms with Crippen molar-refractivity contribution in [2.75, 3.05) is 0 Å². The predicted molar refractivity (Wildman–Crippen MR) is 258 cm³/mol. The van der Waals surface area contributed by atoms with Crippen LogP contribution >= 0.6 is 0 Å². The summed E-state index contributed by atoms with van der Waals surface area (Å²) < 4.78 is 44.3. The summed E-state index contributed by atoms with van der Waals surface area (Å²) in [5, 5.41) is 1.82. The second-order valence-corrected chi connectivity index (χ2v) is 16.1. The Morgan fingerprint density at radius 3 is 1.44 bits per heavy atom. The van der Waals surface area contributed by atoms with E-state index in [1.54, 1.807) is 13.0 Å². The van der Waals surface area contributed by atoms with Crippen molar-refractivity contribution in [2.45, 2.75) is 13.1 Å². The third kappa shape index (κ3) is 7.66. The van der Waals surface area contributed by atoms with Gasteiger partial charge in [-0.3, -0.25) is 0 Å². The standard InChI is InChI=1S/C57H37F3N6/c1-36-30-43(32-44(31-36)57(58,59)60)41-26-28-51-46(33-41)45-24-14-15-25-50(45)66(51)52-29-27-42(55-64-53(39-20-10-4-11-21-39)63-54(65-55)40-22-12-5-13-23-40)34-47(52)56-61-48(37-16-6-2-7-17-37)35-49(62-56)38-18-8-3-9-19-38/h2-35H,1H3. The zero-order valence-corrected chi connectivity index (χ0v) is 35.4. The van der Waals surface area contributed by atoms with Crippen molar-refractivity contribution >= 4 is 21.8 Å². The number of rotatable bonds is 8. The first-order valence-electron chi connectivity index (χ1n) is 21.5. The molecule has 9 heteroatoms. The van der Waals surface area contributed by atoms with Crippen LogP contribution in [0, 0.1) is 6.92 Å². The molecule has 0 aliphatic rings. The van der Waals surface area contributed by atoms with E-state index in [2.05, 4.69) is 16.7 Å². The summed E-state index contributed by atoms with van der Waals surface area (Å²) in [5.74, 6) is 2.02. The van der Waals surface area contributed by atoms with Crippen LogP contribution in [-0.4, -0.2) is 29.5 Å². The summed E-state index contributed by atoms with van der Waals surface area (Å²) in [4.78, 5) is 25.7. The molecular weight excluding hydrogens is 826 g/mol. The lowest BCUT2D eigenvalue weighted by atomic mass is 9.98. The van der Waals surface area contributed by atoms with Gasteiger partial charge in [-0.25, -0.2) is 24.9 Å². The minimum atomic E-state index is -4.47. The van der Waals surface area contributed by atoms with Gasteiger partial charge >= 0.3 is 6.18 Å². The molecular formula is C57H37F3N6. The van der Waals surface area contributed by atoms with Crippen LogP contribution in [0.1, 0.15) is 11.1 Å². The van der Waals surface area contributed by atoms with Crippen LogP contribution < -0.4 is 0 Å². The minimum Gasteiger partial charge on any atom is -0.309 e. The number of fused-ring (bicyclic) bond motifs is 3. The molecule has 0 bridgehead atoms. The van der Waals surface area contributed by atoms with E-state index in [-0.39, 0.29) is 0 Å². The Bertz CT molecular complexity index is 3460. The molecule has 0 atom stereocenters. The number of aryl methyl sites for hydroxylation is 1. The molecule has 0 unspecified atom stereocenters. The quantitative estimate of drug-likeness (QED) is 0.152. The molecule has 3 aromatic heterocycles. The van der Waals surface area contributed by atoms with Gasteiger partial charge in [-0.2, -0.15) is 13.2 Å². The zero-order chi connectivity index (χ0) is 44.8. The monoisotopic (exact) mass is 862 g/mol. The second-order valence-electron chi connectivity index (χ2n) is 16.1. The maximum atomic E-state index is 14.0. The third-order valence-electron chi connectivity index (χ3n) is 11.7. The fraction of sp³-hybridized carbons (Fsp3) is 0.0351. The second kappa shape index (κ2) is 16.5. The van der Waals surface area contributed by atoms with E-state index in [1.165, 1.54) is 12.1 Å². The Labute approximate surface area is 378 Å². The first-order valence-corrected chi connectivity index (χ1v) is 21.5. The Kier molecular flexibility index (Phi) is 10.1. The normalized spacial score (nSPS) is 11.6. The van der Waals surface area contributed by atoms with Crippen LogP contribution in [0.4, 0.5) is 13.2 Å². The molecule has 66 heavy (non-hydrogen) atoms. The van der Waals surface area contributed by atoms with E-state index in [1.807, 2.05) is 176 Å². The average Bonchev–Trinajstić information content (AvgIpc) is 3.70. The van der Waals surface area contributed by atoms with E-state index < -0.39 is 11.7 Å². The van der Waals surface area contributed by atoms with Crippen LogP contribution in [0.15, 0.2) is 206 Å². The lowest BCUT2D eigenvalue weighted by molar-refractivity contribution is -0.137. The molecule has 0 aliphatic carbocycles. The van der Waals surface area contributed by atoms with Gasteiger partial charge in [-0.05, 0) is 78.2 Å². The van der Waals surface area contributed by atoms with Crippen molar-refractivity contribution in [1.29, 1.82) is 0 Å². The van der Waals surface area contributed by atoms with E-state index in [0.29, 0.717) is 45.6 Å². The fourth-order valence-corrected chi connectivity index (χ4v) is 8.59. The summed E-state index contributed by atoms with van der Waals surface area (Å²) in [6.07, 6.45) is -4.47. The van der Waals surface area contributed by atoms with Gasteiger partial charge < -0.3 is 4.57 Å². The number of aromatic nitrogens is 6. The Morgan fingerprint density at radius 1 is 0.364 bits per heavy atom. The van der Waals surface area contributed by atoms with Gasteiger partial charge in [-0.1, -0.05) is 152 Å². The van der Waals surface area contributed by atoms with Gasteiger partial charge in [0, 0.05) is 44.2 Å². The third-order valence-corrected chi connectivity index (χ3v) is 11.7. The Morgan fingerprint density at radius 2 is 0.864 bits per heavy atom. The van der Waals surface area contributed by atoms with E-state index >= 15 is 0 Å². The van der Waals surface area contributed by atoms with Crippen molar-refractivity contribution in [2.24, 2.45) is 0 Å². The van der Waals surface area contributed by atoms with Crippen molar-refractivity contribution in [3.8, 4) is 84.9 Å². The highest BCUT2D eigenvalue weighted by atomic mass is 19.4. The SMILES string of the molecule is Cc1cc(-c2ccc3c(c2)c2ccccc2n3-c2ccc(-c3nc(-c4ccccc4)nc(-c4ccccc4)n3)cc2-c2nc(-c3ccccc3)cc(-c3ccccc3)n2)cc(C(F)(F)F)c1. The van der Waals surface area contributed by atoms with E-state index in [9.17, 15) is 13.2 Å². The van der Waals surface area contributed by atoms with Crippen LogP contribution in [0.25, 0.3) is 107 Å². The topological polar surface area (TPSA) is 69.4 Å². The van der Waals surface area contributed by atoms with Crippen LogP contribution in [0.5, 0.6) is 0 Å². The number of nitrogens with zero attached hydrogens (tertiary/aromatic N) is 6. The lowest BCUT2D eigenvalue weighted by Crippen LogP contribution is -2.05. The lowest BCUT2D eigenvalue weighted by Gasteiger charge is -2.17. The van der Waals surface area contributed by atoms with Crippen molar-refractivity contribution in [3.63, 3.8) is 0 Å². The summed E-state index contributed by atoms with van der Waals surface area (Å²) in [6.45, 7) is 1.69. The molecule has 3 heterocycles. The van der Waals surface area contributed by atoms with Crippen LogP contribution in [0.2, 0.25) is 0 Å². The van der Waals surface area contributed by atoms with E-state index in [0.717, 1.165) is 66.7 Å². The largest absolute Gasteiger partial charge is 0.416 e. The van der Waals surface area contributed by atoms with Gasteiger partial charge in [0.25, 0.3) is 0 Å². The van der Waals surface area contributed by atoms with Gasteiger partial charge in [0.05, 0.1) is 33.7 Å². The molecule has 316 valence electrons. The summed E-state index contributed by atoms with van der Waals surface area (Å²) in [6, 6.07) is 66.1. The fourth-order valence-electron chi connectivity index (χ4n) is 8.59. The maximum Gasteiger partial charge on any atom is 0.416 e. The van der Waals surface area contributed by atoms with Crippen LogP contribution in [0.3, 0.4) is 0 Å². The minimum absolute atomic E-state index is 0.473. The summed E-state index contributed by atoms with van der Waals surface area (Å²) in [7, 11) is 0. The van der Waals surface area contributed by atoms with Gasteiger partial charge in [0.2, 0.25) is 0 Å². The molecule has 11 aromatic rings. The highest BCUT2D eigenvalue weighted by Gasteiger charge is 2.31. The van der Waals surface area contributed by atoms with Crippen LogP contribution in [-0.2, 0) is 6.18 Å². The predicted octanol–water partition coefficient (Wildman–Crippen LogP) is 14.8. The van der Waals surface area contributed by atoms with Gasteiger partial charge in [0.1, 0.15) is 0 Å². The molecule has 8 aromatic carbocycles. The van der Waals surface area contributed by atoms with Gasteiger partial charge in [0.15, 0.2) is 23.3 Å². The summed E-state index contributed by atoms with van der Waals surface area (Å²) >= 11 is 0. The number of hydrogen-bond acceptors (Lipinski definition) is 5.